The molecule has 0 aliphatic carbocycles. The first-order chi connectivity index (χ1) is 18.3. The maximum Gasteiger partial charge on any atom is 0.472 e. The van der Waals surface area contributed by atoms with Crippen LogP contribution >= 0.6 is 15.6 Å². The second-order valence-electron chi connectivity index (χ2n) is 10.3. The third-order valence-electron chi connectivity index (χ3n) is 6.55. The van der Waals surface area contributed by atoms with E-state index in [1.165, 1.54) is 89.9 Å². The molecule has 2 N–H and O–H groups in total. The van der Waals surface area contributed by atoms with E-state index in [9.17, 15) is 18.9 Å². The molecular weight excluding hydrogens is 526 g/mol. The molecule has 0 saturated heterocycles. The van der Waals surface area contributed by atoms with Gasteiger partial charge in [-0.3, -0.25) is 18.1 Å². The lowest BCUT2D eigenvalue weighted by Gasteiger charge is -2.13. The molecule has 0 spiro atoms. The predicted molar refractivity (Wildman–Crippen MR) is 156 cm³/mol. The summed E-state index contributed by atoms with van der Waals surface area (Å²) in [5.74, 6) is 0. The highest BCUT2D eigenvalue weighted by Gasteiger charge is 2.22. The summed E-state index contributed by atoms with van der Waals surface area (Å²) in [7, 11) is -8.11. The molecule has 0 aromatic rings. The monoisotopic (exact) mass is 586 g/mol. The SMILES string of the molecule is CCCCCCCCCCCCOP(=O)(O)OCCCCOP(=O)(O)OCCCCCCCCCCCC. The van der Waals surface area contributed by atoms with E-state index in [2.05, 4.69) is 13.8 Å². The average Bonchev–Trinajstić information content (AvgIpc) is 2.87. The van der Waals surface area contributed by atoms with Crippen molar-refractivity contribution in [3.8, 4) is 0 Å². The Labute approximate surface area is 234 Å². The molecule has 0 amide bonds. The van der Waals surface area contributed by atoms with Crippen molar-refractivity contribution in [1.82, 2.24) is 0 Å². The highest BCUT2D eigenvalue weighted by molar-refractivity contribution is 7.47. The minimum Gasteiger partial charge on any atom is -0.302 e. The first-order valence-electron chi connectivity index (χ1n) is 15.6. The van der Waals surface area contributed by atoms with Gasteiger partial charge in [-0.05, 0) is 25.7 Å². The Balaban J connectivity index is 3.53. The van der Waals surface area contributed by atoms with Gasteiger partial charge in [-0.25, -0.2) is 9.13 Å². The highest BCUT2D eigenvalue weighted by Crippen LogP contribution is 2.44. The van der Waals surface area contributed by atoms with Crippen molar-refractivity contribution in [2.75, 3.05) is 26.4 Å². The van der Waals surface area contributed by atoms with Crippen LogP contribution in [0.1, 0.15) is 155 Å². The van der Waals surface area contributed by atoms with Crippen LogP contribution < -0.4 is 0 Å². The zero-order valence-electron chi connectivity index (χ0n) is 24.6. The van der Waals surface area contributed by atoms with Crippen LogP contribution in [-0.2, 0) is 27.2 Å². The first kappa shape index (κ1) is 38.2. The fourth-order valence-corrected chi connectivity index (χ4v) is 5.77. The van der Waals surface area contributed by atoms with Gasteiger partial charge in [-0.15, -0.1) is 0 Å². The number of rotatable bonds is 31. The molecule has 38 heavy (non-hydrogen) atoms. The fraction of sp³-hybridized carbons (Fsp3) is 1.00. The molecule has 0 bridgehead atoms. The van der Waals surface area contributed by atoms with Gasteiger partial charge >= 0.3 is 15.6 Å². The molecule has 0 radical (unpaired) electrons. The van der Waals surface area contributed by atoms with E-state index in [1.807, 2.05) is 0 Å². The number of unbranched alkanes of at least 4 members (excludes halogenated alkanes) is 19. The Hall–Kier alpha value is 0.220. The maximum atomic E-state index is 11.9. The molecule has 0 aliphatic rings. The van der Waals surface area contributed by atoms with E-state index in [1.54, 1.807) is 0 Å². The van der Waals surface area contributed by atoms with Gasteiger partial charge in [0, 0.05) is 0 Å². The summed E-state index contributed by atoms with van der Waals surface area (Å²) in [4.78, 5) is 19.5. The molecule has 0 aromatic carbocycles. The predicted octanol–water partition coefficient (Wildman–Crippen LogP) is 9.88. The topological polar surface area (TPSA) is 112 Å². The maximum absolute atomic E-state index is 11.9. The lowest BCUT2D eigenvalue weighted by molar-refractivity contribution is 0.130. The third-order valence-corrected chi connectivity index (χ3v) is 8.59. The lowest BCUT2D eigenvalue weighted by atomic mass is 10.1. The molecule has 2 atom stereocenters. The van der Waals surface area contributed by atoms with Gasteiger partial charge < -0.3 is 9.79 Å². The van der Waals surface area contributed by atoms with Gasteiger partial charge in [0.25, 0.3) is 0 Å². The summed E-state index contributed by atoms with van der Waals surface area (Å²) in [6.45, 7) is 4.90. The summed E-state index contributed by atoms with van der Waals surface area (Å²) in [6.07, 6.45) is 24.5. The van der Waals surface area contributed by atoms with Gasteiger partial charge in [-0.2, -0.15) is 0 Å². The van der Waals surface area contributed by atoms with Gasteiger partial charge in [0.15, 0.2) is 0 Å². The zero-order valence-corrected chi connectivity index (χ0v) is 26.4. The minimum atomic E-state index is -4.06. The minimum absolute atomic E-state index is 0.0182. The van der Waals surface area contributed by atoms with E-state index in [0.29, 0.717) is 12.8 Å². The molecule has 0 saturated carbocycles. The van der Waals surface area contributed by atoms with Crippen molar-refractivity contribution in [2.45, 2.75) is 155 Å². The molecule has 10 heteroatoms. The van der Waals surface area contributed by atoms with Crippen LogP contribution in [0.5, 0.6) is 0 Å². The van der Waals surface area contributed by atoms with E-state index in [4.69, 9.17) is 18.1 Å². The van der Waals surface area contributed by atoms with Crippen LogP contribution in [-0.4, -0.2) is 36.2 Å². The normalized spacial score (nSPS) is 14.9. The van der Waals surface area contributed by atoms with Crippen LogP contribution in [0.15, 0.2) is 0 Å². The first-order valence-corrected chi connectivity index (χ1v) is 18.6. The van der Waals surface area contributed by atoms with E-state index in [0.717, 1.165) is 38.5 Å². The van der Waals surface area contributed by atoms with Crippen LogP contribution in [0, 0.1) is 0 Å². The molecular formula is C28H60O8P2. The molecule has 0 fully saturated rings. The second kappa shape index (κ2) is 27.4. The number of phosphoric acid groups is 2. The van der Waals surface area contributed by atoms with Crippen molar-refractivity contribution in [1.29, 1.82) is 0 Å². The molecule has 0 rings (SSSR count). The highest BCUT2D eigenvalue weighted by atomic mass is 31.2. The summed E-state index contributed by atoms with van der Waals surface area (Å²) in [5, 5.41) is 0. The van der Waals surface area contributed by atoms with Crippen molar-refractivity contribution in [3.63, 3.8) is 0 Å². The van der Waals surface area contributed by atoms with Crippen LogP contribution in [0.2, 0.25) is 0 Å². The van der Waals surface area contributed by atoms with E-state index >= 15 is 0 Å². The largest absolute Gasteiger partial charge is 0.472 e. The molecule has 0 aliphatic heterocycles. The van der Waals surface area contributed by atoms with E-state index in [-0.39, 0.29) is 26.4 Å². The Kier molecular flexibility index (Phi) is 27.6. The Morgan fingerprint density at radius 3 is 0.789 bits per heavy atom. The summed E-state index contributed by atoms with van der Waals surface area (Å²) in [6, 6.07) is 0. The Morgan fingerprint density at radius 2 is 0.553 bits per heavy atom. The molecule has 230 valence electrons. The molecule has 2 unspecified atom stereocenters. The smallest absolute Gasteiger partial charge is 0.302 e. The second-order valence-corrected chi connectivity index (χ2v) is 13.2. The van der Waals surface area contributed by atoms with Crippen molar-refractivity contribution >= 4 is 15.6 Å². The lowest BCUT2D eigenvalue weighted by Crippen LogP contribution is -2.02. The summed E-state index contributed by atoms with van der Waals surface area (Å²) < 4.78 is 43.8. The molecule has 0 heterocycles. The van der Waals surface area contributed by atoms with Crippen LogP contribution in [0.4, 0.5) is 0 Å². The van der Waals surface area contributed by atoms with E-state index < -0.39 is 15.6 Å². The summed E-state index contributed by atoms with van der Waals surface area (Å²) >= 11 is 0. The average molecular weight is 587 g/mol. The third kappa shape index (κ3) is 29.2. The van der Waals surface area contributed by atoms with Crippen LogP contribution in [0.25, 0.3) is 0 Å². The van der Waals surface area contributed by atoms with Crippen molar-refractivity contribution in [2.24, 2.45) is 0 Å². The number of phosphoric ester groups is 2. The van der Waals surface area contributed by atoms with Gasteiger partial charge in [0.05, 0.1) is 26.4 Å². The van der Waals surface area contributed by atoms with Crippen LogP contribution in [0.3, 0.4) is 0 Å². The summed E-state index contributed by atoms with van der Waals surface area (Å²) in [5.41, 5.74) is 0. The molecule has 8 nitrogen and oxygen atoms in total. The Bertz CT molecular complexity index is 541. The molecule has 0 aromatic heterocycles. The standard InChI is InChI=1S/C28H60O8P2/c1-3-5-7-9-11-13-15-17-19-21-25-33-37(29,30)35-27-23-24-28-36-38(31,32)34-26-22-20-18-16-14-12-10-8-6-4-2/h3-28H2,1-2H3,(H,29,30)(H,31,32). The van der Waals surface area contributed by atoms with Gasteiger partial charge in [0.2, 0.25) is 0 Å². The fourth-order valence-electron chi connectivity index (χ4n) is 4.18. The zero-order chi connectivity index (χ0) is 28.2. The van der Waals surface area contributed by atoms with Crippen molar-refractivity contribution in [3.05, 3.63) is 0 Å². The Morgan fingerprint density at radius 1 is 0.368 bits per heavy atom. The number of hydrogen-bond acceptors (Lipinski definition) is 6. The quantitative estimate of drug-likeness (QED) is 0.0610. The van der Waals surface area contributed by atoms with Crippen molar-refractivity contribution < 1.29 is 37.0 Å². The number of hydrogen-bond donors (Lipinski definition) is 2. The van der Waals surface area contributed by atoms with Gasteiger partial charge in [0.1, 0.15) is 0 Å². The van der Waals surface area contributed by atoms with Gasteiger partial charge in [-0.1, -0.05) is 129 Å².